The third-order valence-electron chi connectivity index (χ3n) is 4.17. The molecule has 0 bridgehead atoms. The van der Waals surface area contributed by atoms with E-state index in [1.165, 1.54) is 54.8 Å². The topological polar surface area (TPSA) is 114 Å². The minimum absolute atomic E-state index is 0.0759. The van der Waals surface area contributed by atoms with E-state index in [0.717, 1.165) is 4.88 Å². The Balaban J connectivity index is 1.66. The van der Waals surface area contributed by atoms with Crippen LogP contribution in [0.2, 0.25) is 0 Å². The number of methoxy groups -OCH3 is 1. The van der Waals surface area contributed by atoms with Crippen LogP contribution in [0.4, 0.5) is 10.7 Å². The van der Waals surface area contributed by atoms with E-state index in [-0.39, 0.29) is 15.6 Å². The van der Waals surface area contributed by atoms with E-state index in [9.17, 15) is 18.0 Å². The van der Waals surface area contributed by atoms with Crippen LogP contribution in [0.15, 0.2) is 65.6 Å². The van der Waals surface area contributed by atoms with Gasteiger partial charge in [0.1, 0.15) is 5.00 Å². The van der Waals surface area contributed by atoms with Crippen molar-refractivity contribution in [1.82, 2.24) is 4.72 Å². The molecule has 32 heavy (non-hydrogen) atoms. The lowest BCUT2D eigenvalue weighted by Gasteiger charge is -2.11. The highest BCUT2D eigenvalue weighted by Gasteiger charge is 2.19. The summed E-state index contributed by atoms with van der Waals surface area (Å²) in [5.41, 5.74) is 1.12. The van der Waals surface area contributed by atoms with E-state index in [2.05, 4.69) is 10.6 Å². The lowest BCUT2D eigenvalue weighted by Crippen LogP contribution is -2.30. The third-order valence-corrected chi connectivity index (χ3v) is 6.69. The number of rotatable bonds is 6. The number of thiophene rings is 1. The summed E-state index contributed by atoms with van der Waals surface area (Å²) < 4.78 is 31.8. The maximum atomic E-state index is 12.5. The summed E-state index contributed by atoms with van der Waals surface area (Å²) >= 11 is 6.63. The predicted molar refractivity (Wildman–Crippen MR) is 128 cm³/mol. The van der Waals surface area contributed by atoms with Crippen molar-refractivity contribution in [3.8, 4) is 0 Å². The fourth-order valence-electron chi connectivity index (χ4n) is 2.68. The highest BCUT2D eigenvalue weighted by Crippen LogP contribution is 2.28. The second kappa shape index (κ2) is 9.90. The van der Waals surface area contributed by atoms with Crippen molar-refractivity contribution in [2.45, 2.75) is 11.8 Å². The minimum Gasteiger partial charge on any atom is -0.465 e. The van der Waals surface area contributed by atoms with E-state index in [4.69, 9.17) is 17.0 Å². The Bertz CT molecular complexity index is 1250. The van der Waals surface area contributed by atoms with Crippen LogP contribution in [-0.2, 0) is 14.8 Å². The van der Waals surface area contributed by atoms with Gasteiger partial charge in [0.25, 0.3) is 15.9 Å². The largest absolute Gasteiger partial charge is 0.465 e. The van der Waals surface area contributed by atoms with E-state index in [0.29, 0.717) is 16.3 Å². The van der Waals surface area contributed by atoms with Gasteiger partial charge >= 0.3 is 5.97 Å². The Hall–Kier alpha value is -3.28. The number of sulfonamides is 1. The van der Waals surface area contributed by atoms with Crippen molar-refractivity contribution >= 4 is 61.3 Å². The van der Waals surface area contributed by atoms with E-state index < -0.39 is 21.9 Å². The molecule has 0 saturated heterocycles. The first-order valence-electron chi connectivity index (χ1n) is 9.18. The van der Waals surface area contributed by atoms with Crippen molar-refractivity contribution in [2.24, 2.45) is 0 Å². The molecule has 0 aliphatic carbocycles. The molecule has 1 aromatic heterocycles. The molecule has 166 valence electrons. The maximum absolute atomic E-state index is 12.5. The molecule has 8 nitrogen and oxygen atoms in total. The molecule has 0 spiro atoms. The molecule has 0 aliphatic rings. The number of hydrogen-bond acceptors (Lipinski definition) is 7. The second-order valence-corrected chi connectivity index (χ2v) is 9.84. The van der Waals surface area contributed by atoms with Gasteiger partial charge in [-0.2, -0.15) is 0 Å². The molecular weight excluding hydrogens is 470 g/mol. The normalized spacial score (nSPS) is 10.8. The number of hydrogen-bond donors (Lipinski definition) is 3. The number of thiocarbonyl (C=S) groups is 1. The monoisotopic (exact) mass is 489 g/mol. The SMILES string of the molecule is COC(=O)c1cc(C)sc1NC(=S)Nc1ccc(S(=O)(=O)NC(=O)c2ccccc2)cc1. The van der Waals surface area contributed by atoms with Crippen LogP contribution in [0.3, 0.4) is 0 Å². The van der Waals surface area contributed by atoms with Crippen LogP contribution < -0.4 is 15.4 Å². The smallest absolute Gasteiger partial charge is 0.340 e. The van der Waals surface area contributed by atoms with Gasteiger partial charge in [-0.15, -0.1) is 11.3 Å². The van der Waals surface area contributed by atoms with Crippen molar-refractivity contribution < 1.29 is 22.7 Å². The van der Waals surface area contributed by atoms with Gasteiger partial charge in [-0.1, -0.05) is 18.2 Å². The van der Waals surface area contributed by atoms with Crippen molar-refractivity contribution in [1.29, 1.82) is 0 Å². The van der Waals surface area contributed by atoms with Crippen LogP contribution in [0.5, 0.6) is 0 Å². The molecule has 3 N–H and O–H groups in total. The number of benzene rings is 2. The van der Waals surface area contributed by atoms with Gasteiger partial charge in [0.15, 0.2) is 5.11 Å². The van der Waals surface area contributed by atoms with E-state index in [1.807, 2.05) is 11.6 Å². The van der Waals surface area contributed by atoms with Crippen molar-refractivity contribution in [2.75, 3.05) is 17.7 Å². The number of carbonyl (C=O) groups is 2. The van der Waals surface area contributed by atoms with Crippen LogP contribution >= 0.6 is 23.6 Å². The van der Waals surface area contributed by atoms with Crippen LogP contribution in [0.25, 0.3) is 0 Å². The summed E-state index contributed by atoms with van der Waals surface area (Å²) in [5.74, 6) is -1.20. The molecule has 3 rings (SSSR count). The van der Waals surface area contributed by atoms with Gasteiger partial charge in [0.2, 0.25) is 0 Å². The fraction of sp³-hybridized carbons (Fsp3) is 0.0952. The molecular formula is C21H19N3O5S3. The molecule has 2 aromatic carbocycles. The standard InChI is InChI=1S/C21H19N3O5S3/c1-13-12-17(20(26)29-2)19(31-13)23-21(30)22-15-8-10-16(11-9-15)32(27,28)24-18(25)14-6-4-3-5-7-14/h3-12H,1-2H3,(H,24,25)(H2,22,23,30). The molecule has 3 aromatic rings. The Labute approximate surface area is 194 Å². The predicted octanol–water partition coefficient (Wildman–Crippen LogP) is 3.77. The summed E-state index contributed by atoms with van der Waals surface area (Å²) in [6, 6.07) is 15.5. The van der Waals surface area contributed by atoms with Gasteiger partial charge < -0.3 is 15.4 Å². The quantitative estimate of drug-likeness (QED) is 0.354. The molecule has 0 aliphatic heterocycles. The third kappa shape index (κ3) is 5.69. The zero-order chi connectivity index (χ0) is 23.3. The molecule has 0 saturated carbocycles. The van der Waals surface area contributed by atoms with Crippen LogP contribution in [0, 0.1) is 6.92 Å². The lowest BCUT2D eigenvalue weighted by molar-refractivity contribution is 0.0602. The number of ether oxygens (including phenoxy) is 1. The van der Waals surface area contributed by atoms with Crippen molar-refractivity contribution in [3.05, 3.63) is 76.7 Å². The van der Waals surface area contributed by atoms with Crippen molar-refractivity contribution in [3.63, 3.8) is 0 Å². The number of nitrogens with one attached hydrogen (secondary N) is 3. The minimum atomic E-state index is -4.04. The summed E-state index contributed by atoms with van der Waals surface area (Å²) in [6.45, 7) is 1.86. The molecule has 11 heteroatoms. The highest BCUT2D eigenvalue weighted by molar-refractivity contribution is 7.90. The first-order chi connectivity index (χ1) is 15.2. The van der Waals surface area contributed by atoms with Gasteiger partial charge in [0.05, 0.1) is 17.6 Å². The maximum Gasteiger partial charge on any atom is 0.340 e. The van der Waals surface area contributed by atoms with Gasteiger partial charge in [0, 0.05) is 16.1 Å². The number of amides is 1. The second-order valence-electron chi connectivity index (χ2n) is 6.50. The number of aryl methyl sites for hydroxylation is 1. The van der Waals surface area contributed by atoms with Gasteiger partial charge in [-0.05, 0) is 61.6 Å². The Kier molecular flexibility index (Phi) is 7.23. The number of carbonyl (C=O) groups excluding carboxylic acids is 2. The molecule has 1 amide bonds. The average Bonchev–Trinajstić information content (AvgIpc) is 3.13. The number of anilines is 2. The molecule has 0 radical (unpaired) electrons. The Morgan fingerprint density at radius 1 is 1.00 bits per heavy atom. The van der Waals surface area contributed by atoms with Gasteiger partial charge in [-0.3, -0.25) is 4.79 Å². The molecule has 0 unspecified atom stereocenters. The van der Waals surface area contributed by atoms with Gasteiger partial charge in [-0.25, -0.2) is 17.9 Å². The molecule has 0 atom stereocenters. The summed E-state index contributed by atoms with van der Waals surface area (Å²) in [6.07, 6.45) is 0. The van der Waals surface area contributed by atoms with E-state index in [1.54, 1.807) is 24.3 Å². The fourth-order valence-corrected chi connectivity index (χ4v) is 4.84. The summed E-state index contributed by atoms with van der Waals surface area (Å²) in [4.78, 5) is 24.9. The first-order valence-corrected chi connectivity index (χ1v) is 11.9. The average molecular weight is 490 g/mol. The zero-order valence-electron chi connectivity index (χ0n) is 17.0. The summed E-state index contributed by atoms with van der Waals surface area (Å²) in [7, 11) is -2.74. The Morgan fingerprint density at radius 2 is 1.66 bits per heavy atom. The lowest BCUT2D eigenvalue weighted by atomic mass is 10.2. The van der Waals surface area contributed by atoms with Crippen LogP contribution in [-0.4, -0.2) is 32.5 Å². The van der Waals surface area contributed by atoms with Crippen LogP contribution in [0.1, 0.15) is 25.6 Å². The Morgan fingerprint density at radius 3 is 2.28 bits per heavy atom. The molecule has 1 heterocycles. The highest BCUT2D eigenvalue weighted by atomic mass is 32.2. The number of esters is 1. The zero-order valence-corrected chi connectivity index (χ0v) is 19.5. The first kappa shape index (κ1) is 23.4. The molecule has 0 fully saturated rings. The van der Waals surface area contributed by atoms with E-state index >= 15 is 0 Å². The summed E-state index contributed by atoms with van der Waals surface area (Å²) in [5, 5.41) is 6.62.